The second kappa shape index (κ2) is 6.06. The highest BCUT2D eigenvalue weighted by molar-refractivity contribution is 6.08. The molecule has 0 fully saturated rings. The zero-order valence-corrected chi connectivity index (χ0v) is 11.6. The first kappa shape index (κ1) is 14.5. The number of hydrogen-bond acceptors (Lipinski definition) is 3. The summed E-state index contributed by atoms with van der Waals surface area (Å²) in [5.41, 5.74) is 0.592. The number of methoxy groups -OCH3 is 1. The van der Waals surface area contributed by atoms with Gasteiger partial charge in [-0.2, -0.15) is 5.26 Å². The fourth-order valence-corrected chi connectivity index (χ4v) is 2.02. The van der Waals surface area contributed by atoms with Gasteiger partial charge in [-0.25, -0.2) is 4.39 Å². The molecule has 0 saturated carbocycles. The zero-order valence-electron chi connectivity index (χ0n) is 11.6. The highest BCUT2D eigenvalue weighted by atomic mass is 19.1. The van der Waals surface area contributed by atoms with E-state index in [1.165, 1.54) is 37.3 Å². The number of carbonyl (C=O) groups is 1. The molecule has 21 heavy (non-hydrogen) atoms. The molecule has 0 aliphatic rings. The normalized spacial score (nSPS) is 9.81. The SMILES string of the molecule is COc1cccc(F)c1C(=O)N(C)c1ccccc1C#N. The topological polar surface area (TPSA) is 53.3 Å². The van der Waals surface area contributed by atoms with Gasteiger partial charge in [-0.15, -0.1) is 0 Å². The van der Waals surface area contributed by atoms with Crippen LogP contribution < -0.4 is 9.64 Å². The molecule has 0 aliphatic heterocycles. The smallest absolute Gasteiger partial charge is 0.264 e. The van der Waals surface area contributed by atoms with E-state index in [2.05, 4.69) is 0 Å². The van der Waals surface area contributed by atoms with Crippen molar-refractivity contribution in [3.05, 3.63) is 59.4 Å². The number of amides is 1. The maximum Gasteiger partial charge on any atom is 0.264 e. The minimum absolute atomic E-state index is 0.154. The van der Waals surface area contributed by atoms with E-state index < -0.39 is 11.7 Å². The summed E-state index contributed by atoms with van der Waals surface area (Å²) >= 11 is 0. The van der Waals surface area contributed by atoms with E-state index in [1.807, 2.05) is 6.07 Å². The summed E-state index contributed by atoms with van der Waals surface area (Å²) in [6, 6.07) is 12.8. The monoisotopic (exact) mass is 284 g/mol. The lowest BCUT2D eigenvalue weighted by Crippen LogP contribution is -2.28. The number of rotatable bonds is 3. The molecule has 2 aromatic carbocycles. The molecular formula is C16H13FN2O2. The first-order valence-electron chi connectivity index (χ1n) is 6.19. The van der Waals surface area contributed by atoms with Crippen LogP contribution in [0.3, 0.4) is 0 Å². The van der Waals surface area contributed by atoms with Crippen LogP contribution in [0.15, 0.2) is 42.5 Å². The van der Waals surface area contributed by atoms with Gasteiger partial charge in [-0.1, -0.05) is 18.2 Å². The Balaban J connectivity index is 2.48. The van der Waals surface area contributed by atoms with E-state index in [0.29, 0.717) is 11.3 Å². The average molecular weight is 284 g/mol. The van der Waals surface area contributed by atoms with Crippen LogP contribution in [0.2, 0.25) is 0 Å². The zero-order chi connectivity index (χ0) is 15.4. The predicted molar refractivity (Wildman–Crippen MR) is 76.8 cm³/mol. The molecule has 0 heterocycles. The highest BCUT2D eigenvalue weighted by Gasteiger charge is 2.23. The van der Waals surface area contributed by atoms with Gasteiger partial charge in [0.1, 0.15) is 23.2 Å². The molecule has 0 atom stereocenters. The first-order valence-corrected chi connectivity index (χ1v) is 6.19. The minimum atomic E-state index is -0.666. The van der Waals surface area contributed by atoms with Crippen molar-refractivity contribution in [1.82, 2.24) is 0 Å². The van der Waals surface area contributed by atoms with Gasteiger partial charge in [0, 0.05) is 7.05 Å². The van der Waals surface area contributed by atoms with Crippen LogP contribution in [0.1, 0.15) is 15.9 Å². The Morgan fingerprint density at radius 1 is 1.24 bits per heavy atom. The van der Waals surface area contributed by atoms with Gasteiger partial charge in [0.15, 0.2) is 0 Å². The lowest BCUT2D eigenvalue weighted by Gasteiger charge is -2.20. The third kappa shape index (κ3) is 2.70. The highest BCUT2D eigenvalue weighted by Crippen LogP contribution is 2.26. The summed E-state index contributed by atoms with van der Waals surface area (Å²) < 4.78 is 19.0. The fourth-order valence-electron chi connectivity index (χ4n) is 2.02. The first-order chi connectivity index (χ1) is 10.1. The third-order valence-corrected chi connectivity index (χ3v) is 3.10. The van der Waals surface area contributed by atoms with Gasteiger partial charge >= 0.3 is 0 Å². The molecule has 0 unspecified atom stereocenters. The molecule has 0 saturated heterocycles. The van der Waals surface area contributed by atoms with Gasteiger partial charge in [-0.3, -0.25) is 4.79 Å². The number of nitrogens with zero attached hydrogens (tertiary/aromatic N) is 2. The predicted octanol–water partition coefficient (Wildman–Crippen LogP) is 2.98. The third-order valence-electron chi connectivity index (χ3n) is 3.10. The molecule has 5 heteroatoms. The maximum atomic E-state index is 14.0. The van der Waals surface area contributed by atoms with Crippen molar-refractivity contribution in [3.63, 3.8) is 0 Å². The van der Waals surface area contributed by atoms with E-state index >= 15 is 0 Å². The number of nitriles is 1. The number of hydrogen-bond donors (Lipinski definition) is 0. The number of carbonyl (C=O) groups excluding carboxylic acids is 1. The van der Waals surface area contributed by atoms with Gasteiger partial charge in [0.05, 0.1) is 18.4 Å². The van der Waals surface area contributed by atoms with E-state index in [9.17, 15) is 9.18 Å². The van der Waals surface area contributed by atoms with Crippen LogP contribution in [0, 0.1) is 17.1 Å². The second-order valence-corrected chi connectivity index (χ2v) is 4.31. The Kier molecular flexibility index (Phi) is 4.19. The van der Waals surface area contributed by atoms with Gasteiger partial charge in [0.2, 0.25) is 0 Å². The largest absolute Gasteiger partial charge is 0.496 e. The fraction of sp³-hybridized carbons (Fsp3) is 0.125. The van der Waals surface area contributed by atoms with E-state index in [-0.39, 0.29) is 11.3 Å². The van der Waals surface area contributed by atoms with Crippen LogP contribution in [-0.2, 0) is 0 Å². The van der Waals surface area contributed by atoms with E-state index in [1.54, 1.807) is 24.3 Å². The van der Waals surface area contributed by atoms with Crippen LogP contribution in [-0.4, -0.2) is 20.1 Å². The molecule has 0 radical (unpaired) electrons. The average Bonchev–Trinajstić information content (AvgIpc) is 2.53. The van der Waals surface area contributed by atoms with Gasteiger partial charge in [-0.05, 0) is 24.3 Å². The number of ether oxygens (including phenoxy) is 1. The molecule has 0 aromatic heterocycles. The van der Waals surface area contributed by atoms with Crippen molar-refractivity contribution >= 4 is 11.6 Å². The number of halogens is 1. The van der Waals surface area contributed by atoms with E-state index in [4.69, 9.17) is 10.00 Å². The number of anilines is 1. The van der Waals surface area contributed by atoms with Gasteiger partial charge < -0.3 is 9.64 Å². The van der Waals surface area contributed by atoms with Crippen LogP contribution in [0.4, 0.5) is 10.1 Å². The summed E-state index contributed by atoms with van der Waals surface area (Å²) in [5, 5.41) is 9.09. The van der Waals surface area contributed by atoms with Crippen molar-refractivity contribution in [1.29, 1.82) is 5.26 Å². The Labute approximate surface area is 122 Å². The summed E-state index contributed by atoms with van der Waals surface area (Å²) in [6.45, 7) is 0. The molecule has 0 spiro atoms. The Bertz CT molecular complexity index is 722. The molecule has 0 N–H and O–H groups in total. The van der Waals surface area contributed by atoms with Crippen molar-refractivity contribution in [2.45, 2.75) is 0 Å². The Morgan fingerprint density at radius 2 is 1.95 bits per heavy atom. The Morgan fingerprint density at radius 3 is 2.62 bits per heavy atom. The number of para-hydroxylation sites is 1. The van der Waals surface area contributed by atoms with E-state index in [0.717, 1.165) is 0 Å². The van der Waals surface area contributed by atoms with Crippen molar-refractivity contribution in [2.75, 3.05) is 19.1 Å². The standard InChI is InChI=1S/C16H13FN2O2/c1-19(13-8-4-3-6-11(13)10-18)16(20)15-12(17)7-5-9-14(15)21-2/h3-9H,1-2H3. The lowest BCUT2D eigenvalue weighted by atomic mass is 10.1. The minimum Gasteiger partial charge on any atom is -0.496 e. The number of benzene rings is 2. The summed E-state index contributed by atoms with van der Waals surface area (Å²) in [6.07, 6.45) is 0. The molecule has 0 bridgehead atoms. The van der Waals surface area contributed by atoms with Crippen LogP contribution >= 0.6 is 0 Å². The summed E-state index contributed by atoms with van der Waals surface area (Å²) in [7, 11) is 2.86. The second-order valence-electron chi connectivity index (χ2n) is 4.31. The van der Waals surface area contributed by atoms with Crippen LogP contribution in [0.25, 0.3) is 0 Å². The Hall–Kier alpha value is -2.87. The van der Waals surface area contributed by atoms with Crippen molar-refractivity contribution in [2.24, 2.45) is 0 Å². The molecule has 1 amide bonds. The van der Waals surface area contributed by atoms with Crippen molar-refractivity contribution in [3.8, 4) is 11.8 Å². The van der Waals surface area contributed by atoms with Crippen molar-refractivity contribution < 1.29 is 13.9 Å². The summed E-state index contributed by atoms with van der Waals surface area (Å²) in [4.78, 5) is 13.7. The lowest BCUT2D eigenvalue weighted by molar-refractivity contribution is 0.0986. The quantitative estimate of drug-likeness (QED) is 0.870. The summed E-state index contributed by atoms with van der Waals surface area (Å²) in [5.74, 6) is -1.09. The molecule has 2 aromatic rings. The maximum absolute atomic E-state index is 14.0. The van der Waals surface area contributed by atoms with Gasteiger partial charge in [0.25, 0.3) is 5.91 Å². The molecule has 0 aliphatic carbocycles. The molecule has 106 valence electrons. The molecular weight excluding hydrogens is 271 g/mol. The van der Waals surface area contributed by atoms with Crippen LogP contribution in [0.5, 0.6) is 5.75 Å². The molecule has 2 rings (SSSR count). The molecule has 4 nitrogen and oxygen atoms in total.